The fourth-order valence-electron chi connectivity index (χ4n) is 2.69. The second-order valence-electron chi connectivity index (χ2n) is 5.63. The van der Waals surface area contributed by atoms with Gasteiger partial charge in [0.05, 0.1) is 9.79 Å². The number of alkyl halides is 2. The van der Waals surface area contributed by atoms with E-state index in [1.54, 1.807) is 12.1 Å². The van der Waals surface area contributed by atoms with Crippen LogP contribution in [0.3, 0.4) is 0 Å². The van der Waals surface area contributed by atoms with Crippen molar-refractivity contribution in [2.75, 3.05) is 31.1 Å². The third kappa shape index (κ3) is 3.94. The SMILES string of the molecule is [3H]N1CCN(c2cccc(S(=O)(=O)c3ccc(F)c(OC(F)F)c3)c2)CC1. The third-order valence-corrected chi connectivity index (χ3v) is 5.73. The van der Waals surface area contributed by atoms with E-state index in [2.05, 4.69) is 4.74 Å². The average molecular weight is 388 g/mol. The van der Waals surface area contributed by atoms with E-state index in [0.29, 0.717) is 31.9 Å². The molecule has 0 aromatic heterocycles. The Morgan fingerprint density at radius 1 is 1.12 bits per heavy atom. The van der Waals surface area contributed by atoms with Gasteiger partial charge >= 0.3 is 6.61 Å². The molecule has 1 aliphatic heterocycles. The molecule has 0 saturated carbocycles. The van der Waals surface area contributed by atoms with Crippen LogP contribution in [0.2, 0.25) is 1.41 Å². The summed E-state index contributed by atoms with van der Waals surface area (Å²) in [5.74, 6) is -1.90. The number of nitrogens with one attached hydrogen (secondary N) is 1. The Hall–Kier alpha value is -2.26. The summed E-state index contributed by atoms with van der Waals surface area (Å²) in [5, 5.41) is 1.43. The maximum atomic E-state index is 13.6. The number of benzene rings is 2. The van der Waals surface area contributed by atoms with E-state index in [0.717, 1.165) is 18.2 Å². The zero-order valence-corrected chi connectivity index (χ0v) is 14.4. The lowest BCUT2D eigenvalue weighted by molar-refractivity contribution is -0.0523. The van der Waals surface area contributed by atoms with Crippen LogP contribution < -0.4 is 14.9 Å². The Bertz CT molecular complexity index is 919. The van der Waals surface area contributed by atoms with Crippen LogP contribution in [0.1, 0.15) is 0 Å². The molecule has 3 rings (SSSR count). The van der Waals surface area contributed by atoms with Gasteiger partial charge < -0.3 is 14.9 Å². The van der Waals surface area contributed by atoms with Gasteiger partial charge in [0.25, 0.3) is 0 Å². The van der Waals surface area contributed by atoms with Gasteiger partial charge in [-0.05, 0) is 30.3 Å². The van der Waals surface area contributed by atoms with Crippen LogP contribution in [-0.2, 0) is 9.84 Å². The first-order valence-electron chi connectivity index (χ1n) is 8.30. The minimum Gasteiger partial charge on any atom is -0.432 e. The quantitative estimate of drug-likeness (QED) is 0.799. The lowest BCUT2D eigenvalue weighted by Crippen LogP contribution is -2.43. The van der Waals surface area contributed by atoms with Gasteiger partial charge in [0.15, 0.2) is 11.6 Å². The van der Waals surface area contributed by atoms with Crippen molar-refractivity contribution >= 4 is 15.5 Å². The van der Waals surface area contributed by atoms with Gasteiger partial charge in [0.2, 0.25) is 9.84 Å². The Balaban J connectivity index is 1.92. The molecule has 1 heterocycles. The number of ether oxygens (including phenoxy) is 1. The highest BCUT2D eigenvalue weighted by Crippen LogP contribution is 2.29. The summed E-state index contributed by atoms with van der Waals surface area (Å²) >= 11 is 0. The van der Waals surface area contributed by atoms with Crippen molar-refractivity contribution in [2.24, 2.45) is 0 Å². The number of halogens is 3. The minimum atomic E-state index is -4.05. The average Bonchev–Trinajstić information content (AvgIpc) is 2.64. The summed E-state index contributed by atoms with van der Waals surface area (Å²) in [5.41, 5.74) is 0.676. The first kappa shape index (κ1) is 17.2. The highest BCUT2D eigenvalue weighted by atomic mass is 32.2. The number of anilines is 1. The smallest absolute Gasteiger partial charge is 0.387 e. The number of nitrogens with zero attached hydrogens (tertiary/aromatic N) is 1. The summed E-state index contributed by atoms with van der Waals surface area (Å²) in [6, 6.07) is 8.74. The number of rotatable bonds is 5. The zero-order chi connectivity index (χ0) is 19.6. The maximum Gasteiger partial charge on any atom is 0.387 e. The van der Waals surface area contributed by atoms with E-state index < -0.39 is 28.0 Å². The standard InChI is InChI=1S/C17H17F3N2O3S/c18-15-5-4-14(11-16(15)25-17(19)20)26(23,24)13-3-1-2-12(10-13)22-8-6-21-7-9-22/h1-5,10-11,17,21H,6-9H2/i/hT. The van der Waals surface area contributed by atoms with Crippen molar-refractivity contribution in [3.63, 3.8) is 0 Å². The summed E-state index contributed by atoms with van der Waals surface area (Å²) < 4.78 is 75.7. The van der Waals surface area contributed by atoms with Crippen molar-refractivity contribution in [2.45, 2.75) is 16.4 Å². The van der Waals surface area contributed by atoms with Crippen LogP contribution >= 0.6 is 0 Å². The summed E-state index contributed by atoms with van der Waals surface area (Å²) in [7, 11) is -4.05. The molecule has 1 aliphatic rings. The van der Waals surface area contributed by atoms with E-state index in [1.165, 1.54) is 17.4 Å². The van der Waals surface area contributed by atoms with Gasteiger partial charge in [-0.1, -0.05) is 6.07 Å². The molecule has 0 spiro atoms. The van der Waals surface area contributed by atoms with Crippen molar-refractivity contribution in [1.82, 2.24) is 5.31 Å². The molecule has 0 unspecified atom stereocenters. The van der Waals surface area contributed by atoms with E-state index in [-0.39, 0.29) is 9.79 Å². The van der Waals surface area contributed by atoms with Gasteiger partial charge in [-0.15, -0.1) is 0 Å². The van der Waals surface area contributed by atoms with Crippen LogP contribution in [0.15, 0.2) is 52.3 Å². The van der Waals surface area contributed by atoms with E-state index in [9.17, 15) is 21.6 Å². The largest absolute Gasteiger partial charge is 0.432 e. The minimum absolute atomic E-state index is 0.0390. The molecule has 140 valence electrons. The van der Waals surface area contributed by atoms with Crippen molar-refractivity contribution < 1.29 is 27.7 Å². The molecule has 0 amide bonds. The number of hydrogen-bond acceptors (Lipinski definition) is 5. The van der Waals surface area contributed by atoms with Crippen molar-refractivity contribution in [3.8, 4) is 5.75 Å². The monoisotopic (exact) mass is 388 g/mol. The van der Waals surface area contributed by atoms with E-state index in [1.807, 2.05) is 4.90 Å². The number of piperazine rings is 1. The van der Waals surface area contributed by atoms with Gasteiger partial charge in [0, 0.05) is 37.9 Å². The lowest BCUT2D eigenvalue weighted by Gasteiger charge is -2.29. The maximum absolute atomic E-state index is 13.6. The summed E-state index contributed by atoms with van der Waals surface area (Å²) in [4.78, 5) is 1.58. The first-order valence-corrected chi connectivity index (χ1v) is 9.34. The van der Waals surface area contributed by atoms with Crippen LogP contribution in [0.5, 0.6) is 5.75 Å². The molecule has 0 atom stereocenters. The third-order valence-electron chi connectivity index (χ3n) is 3.98. The molecule has 2 aromatic rings. The predicted octanol–water partition coefficient (Wildman–Crippen LogP) is 2.67. The molecular formula is C17H17F3N2O3S. The van der Waals surface area contributed by atoms with Gasteiger partial charge in [-0.25, -0.2) is 12.8 Å². The van der Waals surface area contributed by atoms with E-state index in [4.69, 9.17) is 1.41 Å². The molecule has 9 heteroatoms. The molecule has 0 bridgehead atoms. The summed E-state index contributed by atoms with van der Waals surface area (Å²) in [6.45, 7) is -1.05. The Labute approximate surface area is 150 Å². The predicted molar refractivity (Wildman–Crippen MR) is 90.0 cm³/mol. The first-order chi connectivity index (χ1) is 12.8. The molecular weight excluding hydrogens is 369 g/mol. The van der Waals surface area contributed by atoms with Crippen molar-refractivity contribution in [3.05, 3.63) is 48.3 Å². The molecule has 1 N–H and O–H groups in total. The summed E-state index contributed by atoms with van der Waals surface area (Å²) in [6.07, 6.45) is 0. The molecule has 0 radical (unpaired) electrons. The number of sulfone groups is 1. The van der Waals surface area contributed by atoms with Crippen molar-refractivity contribution in [1.29, 1.82) is 0 Å². The second-order valence-corrected chi connectivity index (χ2v) is 7.58. The fraction of sp³-hybridized carbons (Fsp3) is 0.294. The van der Waals surface area contributed by atoms with Crippen LogP contribution in [0.4, 0.5) is 18.9 Å². The Morgan fingerprint density at radius 2 is 1.81 bits per heavy atom. The topological polar surface area (TPSA) is 58.6 Å². The Kier molecular flexibility index (Phi) is 4.98. The Morgan fingerprint density at radius 3 is 2.50 bits per heavy atom. The highest BCUT2D eigenvalue weighted by molar-refractivity contribution is 7.91. The van der Waals surface area contributed by atoms with Crippen LogP contribution in [0, 0.1) is 5.82 Å². The molecule has 2 aromatic carbocycles. The van der Waals surface area contributed by atoms with Gasteiger partial charge in [0.1, 0.15) is 1.41 Å². The molecule has 5 nitrogen and oxygen atoms in total. The van der Waals surface area contributed by atoms with Crippen LogP contribution in [-0.4, -0.2) is 41.2 Å². The van der Waals surface area contributed by atoms with E-state index >= 15 is 0 Å². The zero-order valence-electron chi connectivity index (χ0n) is 14.6. The second kappa shape index (κ2) is 7.55. The molecule has 26 heavy (non-hydrogen) atoms. The molecule has 1 saturated heterocycles. The molecule has 0 aliphatic carbocycles. The highest BCUT2D eigenvalue weighted by Gasteiger charge is 2.22. The van der Waals surface area contributed by atoms with Gasteiger partial charge in [-0.3, -0.25) is 0 Å². The molecule has 1 fully saturated rings. The fourth-order valence-corrected chi connectivity index (χ4v) is 4.00. The van der Waals surface area contributed by atoms with Crippen LogP contribution in [0.25, 0.3) is 0 Å². The number of hydrogen-bond donors (Lipinski definition) is 1. The van der Waals surface area contributed by atoms with Gasteiger partial charge in [-0.2, -0.15) is 8.78 Å². The normalized spacial score (nSPS) is 16.6. The lowest BCUT2D eigenvalue weighted by atomic mass is 10.2.